The largest absolute Gasteiger partial charge is 0.334 e. The van der Waals surface area contributed by atoms with Crippen molar-refractivity contribution in [3.8, 4) is 0 Å². The van der Waals surface area contributed by atoms with Gasteiger partial charge in [0.2, 0.25) is 5.91 Å². The molecule has 0 saturated carbocycles. The molecule has 1 aliphatic heterocycles. The van der Waals surface area contributed by atoms with Crippen molar-refractivity contribution in [3.63, 3.8) is 0 Å². The minimum atomic E-state index is 0.194. The number of aromatic nitrogens is 2. The molecule has 0 spiro atoms. The molecule has 0 N–H and O–H groups in total. The highest BCUT2D eigenvalue weighted by Crippen LogP contribution is 2.27. The summed E-state index contributed by atoms with van der Waals surface area (Å²) in [7, 11) is 4.13. The van der Waals surface area contributed by atoms with E-state index in [1.807, 2.05) is 29.6 Å². The van der Waals surface area contributed by atoms with E-state index in [1.54, 1.807) is 11.3 Å². The second-order valence-corrected chi connectivity index (χ2v) is 7.83. The Balaban J connectivity index is 1.54. The molecule has 1 atom stereocenters. The monoisotopic (exact) mass is 354 g/mol. The van der Waals surface area contributed by atoms with Crippen LogP contribution in [-0.2, 0) is 17.8 Å². The summed E-state index contributed by atoms with van der Waals surface area (Å²) in [6.45, 7) is 2.28. The van der Waals surface area contributed by atoms with Crippen molar-refractivity contribution in [2.45, 2.75) is 19.0 Å². The Bertz CT molecular complexity index is 898. The van der Waals surface area contributed by atoms with Crippen LogP contribution in [0.2, 0.25) is 0 Å². The molecule has 0 saturated heterocycles. The number of rotatable bonds is 4. The second kappa shape index (κ2) is 6.61. The second-order valence-electron chi connectivity index (χ2n) is 6.92. The van der Waals surface area contributed by atoms with Gasteiger partial charge < -0.3 is 14.4 Å². The van der Waals surface area contributed by atoms with Crippen LogP contribution in [0.5, 0.6) is 0 Å². The molecule has 5 nitrogen and oxygen atoms in total. The molecule has 1 aromatic carbocycles. The molecule has 1 unspecified atom stereocenters. The molecule has 1 amide bonds. The molecular formula is C19H22N4OS. The lowest BCUT2D eigenvalue weighted by atomic mass is 10.1. The molecule has 130 valence electrons. The lowest BCUT2D eigenvalue weighted by Gasteiger charge is -2.35. The Hall–Kier alpha value is -2.18. The average Bonchev–Trinajstić information content (AvgIpc) is 3.21. The molecule has 0 aliphatic carbocycles. The minimum absolute atomic E-state index is 0.194. The Kier molecular flexibility index (Phi) is 4.31. The maximum absolute atomic E-state index is 13.0. The predicted molar refractivity (Wildman–Crippen MR) is 101 cm³/mol. The highest BCUT2D eigenvalue weighted by Gasteiger charge is 2.28. The van der Waals surface area contributed by atoms with Gasteiger partial charge in [0, 0.05) is 24.0 Å². The molecule has 6 heteroatoms. The van der Waals surface area contributed by atoms with Gasteiger partial charge in [0.25, 0.3) is 0 Å². The van der Waals surface area contributed by atoms with E-state index in [-0.39, 0.29) is 11.9 Å². The van der Waals surface area contributed by atoms with Crippen LogP contribution < -0.4 is 0 Å². The number of likely N-dealkylation sites (N-methyl/N-ethyl adjacent to an activating group) is 1. The van der Waals surface area contributed by atoms with Gasteiger partial charge in [0.1, 0.15) is 0 Å². The molecule has 2 aromatic heterocycles. The number of imidazole rings is 1. The highest BCUT2D eigenvalue weighted by atomic mass is 32.1. The third kappa shape index (κ3) is 3.19. The summed E-state index contributed by atoms with van der Waals surface area (Å²) in [5, 5.41) is 3.32. The normalized spacial score (nSPS) is 17.2. The molecule has 0 bridgehead atoms. The van der Waals surface area contributed by atoms with Crippen molar-refractivity contribution in [2.24, 2.45) is 0 Å². The first kappa shape index (κ1) is 16.3. The Morgan fingerprint density at radius 1 is 1.36 bits per heavy atom. The molecule has 0 fully saturated rings. The lowest BCUT2D eigenvalue weighted by Crippen LogP contribution is -2.44. The number of hydrogen-bond acceptors (Lipinski definition) is 4. The van der Waals surface area contributed by atoms with Crippen molar-refractivity contribution in [3.05, 3.63) is 53.4 Å². The van der Waals surface area contributed by atoms with Crippen LogP contribution in [0, 0.1) is 0 Å². The number of benzene rings is 1. The number of fused-ring (bicyclic) bond motifs is 2. The number of carbonyl (C=O) groups is 1. The van der Waals surface area contributed by atoms with Crippen molar-refractivity contribution in [1.29, 1.82) is 0 Å². The quantitative estimate of drug-likeness (QED) is 0.723. The minimum Gasteiger partial charge on any atom is -0.334 e. The SMILES string of the molecule is CN(C)CC1CN(C(=O)Cc2csc3ccccc23)Cc2cncn21. The van der Waals surface area contributed by atoms with Crippen molar-refractivity contribution >= 4 is 27.3 Å². The maximum Gasteiger partial charge on any atom is 0.227 e. The van der Waals surface area contributed by atoms with E-state index in [9.17, 15) is 4.79 Å². The van der Waals surface area contributed by atoms with Crippen LogP contribution in [-0.4, -0.2) is 52.4 Å². The average molecular weight is 354 g/mol. The standard InChI is InChI=1S/C19H22N4OS/c1-21(2)9-16-11-22(10-15-8-20-13-23(15)16)19(24)7-14-12-25-18-6-4-3-5-17(14)18/h3-6,8,12-13,16H,7,9-11H2,1-2H3. The summed E-state index contributed by atoms with van der Waals surface area (Å²) in [5.41, 5.74) is 2.25. The van der Waals surface area contributed by atoms with E-state index in [0.29, 0.717) is 13.0 Å². The van der Waals surface area contributed by atoms with Crippen LogP contribution in [0.15, 0.2) is 42.2 Å². The van der Waals surface area contributed by atoms with Crippen LogP contribution in [0.3, 0.4) is 0 Å². The van der Waals surface area contributed by atoms with E-state index < -0.39 is 0 Å². The van der Waals surface area contributed by atoms with Gasteiger partial charge in [-0.25, -0.2) is 4.98 Å². The summed E-state index contributed by atoms with van der Waals surface area (Å²) >= 11 is 1.71. The van der Waals surface area contributed by atoms with E-state index in [4.69, 9.17) is 0 Å². The smallest absolute Gasteiger partial charge is 0.227 e. The molecule has 0 radical (unpaired) electrons. The number of hydrogen-bond donors (Lipinski definition) is 0. The zero-order valence-corrected chi connectivity index (χ0v) is 15.4. The van der Waals surface area contributed by atoms with E-state index in [2.05, 4.69) is 46.1 Å². The molecular weight excluding hydrogens is 332 g/mol. The molecule has 1 aliphatic rings. The number of carbonyl (C=O) groups excluding carboxylic acids is 1. The molecule has 25 heavy (non-hydrogen) atoms. The van der Waals surface area contributed by atoms with Crippen molar-refractivity contribution in [1.82, 2.24) is 19.4 Å². The molecule has 4 rings (SSSR count). The number of nitrogens with zero attached hydrogens (tertiary/aromatic N) is 4. The summed E-state index contributed by atoms with van der Waals surface area (Å²) in [6, 6.07) is 8.55. The van der Waals surface area contributed by atoms with Crippen LogP contribution in [0.4, 0.5) is 0 Å². The van der Waals surface area contributed by atoms with Crippen LogP contribution in [0.1, 0.15) is 17.3 Å². The number of thiophene rings is 1. The fourth-order valence-electron chi connectivity index (χ4n) is 3.59. The van der Waals surface area contributed by atoms with Crippen LogP contribution in [0.25, 0.3) is 10.1 Å². The first-order valence-electron chi connectivity index (χ1n) is 8.50. The van der Waals surface area contributed by atoms with Crippen molar-refractivity contribution < 1.29 is 4.79 Å². The van der Waals surface area contributed by atoms with Gasteiger partial charge in [0.15, 0.2) is 0 Å². The van der Waals surface area contributed by atoms with E-state index in [0.717, 1.165) is 24.3 Å². The third-order valence-corrected chi connectivity index (χ3v) is 5.77. The van der Waals surface area contributed by atoms with Crippen molar-refractivity contribution in [2.75, 3.05) is 27.2 Å². The summed E-state index contributed by atoms with van der Waals surface area (Å²) in [4.78, 5) is 21.4. The van der Waals surface area contributed by atoms with Crippen LogP contribution >= 0.6 is 11.3 Å². The Morgan fingerprint density at radius 3 is 3.04 bits per heavy atom. The third-order valence-electron chi connectivity index (χ3n) is 4.76. The Morgan fingerprint density at radius 2 is 2.20 bits per heavy atom. The van der Waals surface area contributed by atoms with Gasteiger partial charge >= 0.3 is 0 Å². The van der Waals surface area contributed by atoms with Gasteiger partial charge in [-0.05, 0) is 36.5 Å². The topological polar surface area (TPSA) is 41.4 Å². The van der Waals surface area contributed by atoms with Gasteiger partial charge in [0.05, 0.1) is 31.0 Å². The number of amides is 1. The van der Waals surface area contributed by atoms with E-state index in [1.165, 1.54) is 10.1 Å². The summed E-state index contributed by atoms with van der Waals surface area (Å²) in [5.74, 6) is 0.194. The zero-order chi connectivity index (χ0) is 17.4. The highest BCUT2D eigenvalue weighted by molar-refractivity contribution is 7.17. The predicted octanol–water partition coefficient (Wildman–Crippen LogP) is 2.79. The van der Waals surface area contributed by atoms with E-state index >= 15 is 0 Å². The molecule has 3 aromatic rings. The van der Waals surface area contributed by atoms with Gasteiger partial charge in [-0.1, -0.05) is 18.2 Å². The molecule has 3 heterocycles. The van der Waals surface area contributed by atoms with Gasteiger partial charge in [-0.3, -0.25) is 4.79 Å². The summed E-state index contributed by atoms with van der Waals surface area (Å²) in [6.07, 6.45) is 4.23. The van der Waals surface area contributed by atoms with Gasteiger partial charge in [-0.15, -0.1) is 11.3 Å². The Labute approximate surface area is 151 Å². The maximum atomic E-state index is 13.0. The van der Waals surface area contributed by atoms with Gasteiger partial charge in [-0.2, -0.15) is 0 Å². The fraction of sp³-hybridized carbons (Fsp3) is 0.368. The summed E-state index contributed by atoms with van der Waals surface area (Å²) < 4.78 is 3.46. The zero-order valence-electron chi connectivity index (χ0n) is 14.6. The first-order valence-corrected chi connectivity index (χ1v) is 9.38. The first-order chi connectivity index (χ1) is 12.1. The fourth-order valence-corrected chi connectivity index (χ4v) is 4.55. The lowest BCUT2D eigenvalue weighted by molar-refractivity contribution is -0.132.